The fourth-order valence-electron chi connectivity index (χ4n) is 1.26. The van der Waals surface area contributed by atoms with Crippen LogP contribution in [0.4, 0.5) is 0 Å². The molecule has 90 valence electrons. The van der Waals surface area contributed by atoms with E-state index in [1.807, 2.05) is 0 Å². The van der Waals surface area contributed by atoms with Crippen LogP contribution >= 0.6 is 0 Å². The summed E-state index contributed by atoms with van der Waals surface area (Å²) in [6.45, 7) is 1.55. The van der Waals surface area contributed by atoms with Gasteiger partial charge in [0.05, 0.1) is 12.2 Å². The van der Waals surface area contributed by atoms with Gasteiger partial charge in [-0.1, -0.05) is 19.3 Å². The van der Waals surface area contributed by atoms with Gasteiger partial charge in [-0.3, -0.25) is 4.79 Å². The molecule has 0 aromatic carbocycles. The smallest absolute Gasteiger partial charge is 0.320 e. The van der Waals surface area contributed by atoms with Crippen molar-refractivity contribution in [3.63, 3.8) is 0 Å². The van der Waals surface area contributed by atoms with Crippen LogP contribution < -0.4 is 5.73 Å². The van der Waals surface area contributed by atoms with Gasteiger partial charge in [0.25, 0.3) is 0 Å². The average molecular weight is 219 g/mol. The molecule has 0 aliphatic rings. The molecular weight excluding hydrogens is 198 g/mol. The van der Waals surface area contributed by atoms with Crippen molar-refractivity contribution in [2.24, 2.45) is 5.73 Å². The van der Waals surface area contributed by atoms with Crippen LogP contribution in [-0.4, -0.2) is 39.5 Å². The normalized spacial score (nSPS) is 17.1. The molecular formula is C10H21NO4. The van der Waals surface area contributed by atoms with E-state index >= 15 is 0 Å². The Bertz CT molecular complexity index is 184. The SMILES string of the molecule is CC(O)C(O)CCCCCC(N)C(=O)O. The number of carbonyl (C=O) groups is 1. The van der Waals surface area contributed by atoms with Gasteiger partial charge in [0, 0.05) is 0 Å². The van der Waals surface area contributed by atoms with Gasteiger partial charge in [0.2, 0.25) is 0 Å². The van der Waals surface area contributed by atoms with Crippen molar-refractivity contribution in [2.45, 2.75) is 57.3 Å². The van der Waals surface area contributed by atoms with E-state index < -0.39 is 24.2 Å². The Morgan fingerprint density at radius 3 is 2.20 bits per heavy atom. The van der Waals surface area contributed by atoms with Gasteiger partial charge in [-0.2, -0.15) is 0 Å². The van der Waals surface area contributed by atoms with Crippen LogP contribution in [0.1, 0.15) is 39.0 Å². The minimum Gasteiger partial charge on any atom is -0.480 e. The molecule has 0 aromatic rings. The summed E-state index contributed by atoms with van der Waals surface area (Å²) in [6.07, 6.45) is 1.95. The fourth-order valence-corrected chi connectivity index (χ4v) is 1.26. The molecule has 0 bridgehead atoms. The maximum Gasteiger partial charge on any atom is 0.320 e. The zero-order valence-electron chi connectivity index (χ0n) is 9.09. The molecule has 3 atom stereocenters. The predicted molar refractivity (Wildman–Crippen MR) is 56.4 cm³/mol. The molecule has 0 saturated carbocycles. The van der Waals surface area contributed by atoms with Crippen LogP contribution in [0.5, 0.6) is 0 Å². The Labute approximate surface area is 89.9 Å². The molecule has 5 N–H and O–H groups in total. The quantitative estimate of drug-likeness (QED) is 0.433. The highest BCUT2D eigenvalue weighted by Gasteiger charge is 2.12. The first-order valence-electron chi connectivity index (χ1n) is 5.29. The lowest BCUT2D eigenvalue weighted by atomic mass is 10.0. The van der Waals surface area contributed by atoms with E-state index in [-0.39, 0.29) is 0 Å². The molecule has 3 unspecified atom stereocenters. The number of hydrogen-bond acceptors (Lipinski definition) is 4. The zero-order chi connectivity index (χ0) is 11.8. The molecule has 0 rings (SSSR count). The Balaban J connectivity index is 3.36. The molecule has 15 heavy (non-hydrogen) atoms. The van der Waals surface area contributed by atoms with E-state index in [0.29, 0.717) is 12.8 Å². The Morgan fingerprint density at radius 2 is 1.73 bits per heavy atom. The van der Waals surface area contributed by atoms with Crippen molar-refractivity contribution < 1.29 is 20.1 Å². The Kier molecular flexibility index (Phi) is 7.29. The summed E-state index contributed by atoms with van der Waals surface area (Å²) < 4.78 is 0. The first-order chi connectivity index (χ1) is 6.95. The summed E-state index contributed by atoms with van der Waals surface area (Å²) in [4.78, 5) is 10.4. The highest BCUT2D eigenvalue weighted by Crippen LogP contribution is 2.09. The molecule has 0 aliphatic heterocycles. The second-order valence-electron chi connectivity index (χ2n) is 3.89. The number of carboxylic acid groups (broad SMARTS) is 1. The lowest BCUT2D eigenvalue weighted by Crippen LogP contribution is -2.29. The Morgan fingerprint density at radius 1 is 1.20 bits per heavy atom. The van der Waals surface area contributed by atoms with Gasteiger partial charge in [-0.15, -0.1) is 0 Å². The van der Waals surface area contributed by atoms with Crippen LogP contribution in [0.25, 0.3) is 0 Å². The summed E-state index contributed by atoms with van der Waals surface area (Å²) in [5.41, 5.74) is 5.32. The van der Waals surface area contributed by atoms with Crippen LogP contribution in [0, 0.1) is 0 Å². The minimum absolute atomic E-state index is 0.458. The van der Waals surface area contributed by atoms with Crippen molar-refractivity contribution in [1.29, 1.82) is 0 Å². The predicted octanol–water partition coefficient (Wildman–Crippen LogP) is 0.0905. The summed E-state index contributed by atoms with van der Waals surface area (Å²) in [7, 11) is 0. The van der Waals surface area contributed by atoms with Crippen LogP contribution in [0.15, 0.2) is 0 Å². The number of unbranched alkanes of at least 4 members (excludes halogenated alkanes) is 2. The standard InChI is InChI=1S/C10H21NO4/c1-7(12)9(13)6-4-2-3-5-8(11)10(14)15/h7-9,12-13H,2-6,11H2,1H3,(H,14,15). The van der Waals surface area contributed by atoms with Gasteiger partial charge in [0.1, 0.15) is 6.04 Å². The van der Waals surface area contributed by atoms with Crippen LogP contribution in [-0.2, 0) is 4.79 Å². The van der Waals surface area contributed by atoms with Gasteiger partial charge in [0.15, 0.2) is 0 Å². The Hall–Kier alpha value is -0.650. The van der Waals surface area contributed by atoms with Gasteiger partial charge in [-0.25, -0.2) is 0 Å². The molecule has 0 amide bonds. The third kappa shape index (κ3) is 7.30. The number of nitrogens with two attached hydrogens (primary N) is 1. The summed E-state index contributed by atoms with van der Waals surface area (Å²) in [5.74, 6) is -0.973. The lowest BCUT2D eigenvalue weighted by molar-refractivity contribution is -0.138. The topological polar surface area (TPSA) is 104 Å². The number of aliphatic carboxylic acids is 1. The molecule has 0 radical (unpaired) electrons. The molecule has 0 aromatic heterocycles. The highest BCUT2D eigenvalue weighted by atomic mass is 16.4. The number of carboxylic acids is 1. The van der Waals surface area contributed by atoms with E-state index in [4.69, 9.17) is 15.9 Å². The molecule has 0 saturated heterocycles. The van der Waals surface area contributed by atoms with Crippen LogP contribution in [0.3, 0.4) is 0 Å². The first-order valence-corrected chi connectivity index (χ1v) is 5.29. The molecule has 0 heterocycles. The summed E-state index contributed by atoms with van der Waals surface area (Å²) in [6, 6.07) is -0.785. The van der Waals surface area contributed by atoms with E-state index in [1.54, 1.807) is 6.92 Å². The van der Waals surface area contributed by atoms with E-state index in [1.165, 1.54) is 0 Å². The first kappa shape index (κ1) is 14.3. The van der Waals surface area contributed by atoms with E-state index in [2.05, 4.69) is 0 Å². The maximum absolute atomic E-state index is 10.4. The molecule has 0 spiro atoms. The summed E-state index contributed by atoms with van der Waals surface area (Å²) >= 11 is 0. The monoisotopic (exact) mass is 219 g/mol. The molecule has 5 heteroatoms. The second kappa shape index (κ2) is 7.62. The second-order valence-corrected chi connectivity index (χ2v) is 3.89. The van der Waals surface area contributed by atoms with Crippen molar-refractivity contribution in [3.8, 4) is 0 Å². The highest BCUT2D eigenvalue weighted by molar-refractivity contribution is 5.72. The number of rotatable bonds is 8. The van der Waals surface area contributed by atoms with Gasteiger partial charge >= 0.3 is 5.97 Å². The number of hydrogen-bond donors (Lipinski definition) is 4. The number of aliphatic hydroxyl groups is 2. The minimum atomic E-state index is -0.973. The molecule has 0 fully saturated rings. The lowest BCUT2D eigenvalue weighted by Gasteiger charge is -2.13. The van der Waals surface area contributed by atoms with E-state index in [0.717, 1.165) is 19.3 Å². The van der Waals surface area contributed by atoms with Crippen molar-refractivity contribution in [3.05, 3.63) is 0 Å². The van der Waals surface area contributed by atoms with Crippen molar-refractivity contribution in [1.82, 2.24) is 0 Å². The fraction of sp³-hybridized carbons (Fsp3) is 0.900. The van der Waals surface area contributed by atoms with E-state index in [9.17, 15) is 9.90 Å². The summed E-state index contributed by atoms with van der Waals surface area (Å²) in [5, 5.41) is 26.7. The third-order valence-electron chi connectivity index (χ3n) is 2.39. The third-order valence-corrected chi connectivity index (χ3v) is 2.39. The zero-order valence-corrected chi connectivity index (χ0v) is 9.09. The largest absolute Gasteiger partial charge is 0.480 e. The van der Waals surface area contributed by atoms with Gasteiger partial charge < -0.3 is 21.1 Å². The van der Waals surface area contributed by atoms with Crippen LogP contribution in [0.2, 0.25) is 0 Å². The molecule has 5 nitrogen and oxygen atoms in total. The maximum atomic E-state index is 10.4. The van der Waals surface area contributed by atoms with Crippen molar-refractivity contribution in [2.75, 3.05) is 0 Å². The molecule has 0 aliphatic carbocycles. The van der Waals surface area contributed by atoms with Crippen molar-refractivity contribution >= 4 is 5.97 Å². The average Bonchev–Trinajstić information content (AvgIpc) is 2.16. The van der Waals surface area contributed by atoms with Gasteiger partial charge in [-0.05, 0) is 19.8 Å². The number of aliphatic hydroxyl groups excluding tert-OH is 2.